The van der Waals surface area contributed by atoms with Crippen molar-refractivity contribution < 1.29 is 14.3 Å². The number of aryl methyl sites for hydroxylation is 3. The van der Waals surface area contributed by atoms with Gasteiger partial charge in [0.05, 0.1) is 13.3 Å². The minimum atomic E-state index is -0.312. The number of nitrogens with one attached hydrogen (secondary N) is 1. The Balaban J connectivity index is 1.89. The largest absolute Gasteiger partial charge is 0.496 e. The summed E-state index contributed by atoms with van der Waals surface area (Å²) in [6.07, 6.45) is 1.57. The van der Waals surface area contributed by atoms with Crippen LogP contribution in [0.1, 0.15) is 22.3 Å². The second kappa shape index (κ2) is 8.15. The number of methoxy groups -OCH3 is 1. The fraction of sp³-hybridized carbons (Fsp3) is 0.263. The van der Waals surface area contributed by atoms with Crippen molar-refractivity contribution in [2.24, 2.45) is 5.10 Å². The number of amides is 1. The number of hydrogen-bond donors (Lipinski definition) is 1. The number of hydrazone groups is 1. The maximum absolute atomic E-state index is 11.8. The molecule has 0 fully saturated rings. The molecule has 0 aliphatic carbocycles. The highest BCUT2D eigenvalue weighted by Crippen LogP contribution is 2.22. The minimum absolute atomic E-state index is 0.0831. The van der Waals surface area contributed by atoms with Crippen LogP contribution in [0.5, 0.6) is 11.5 Å². The fourth-order valence-corrected chi connectivity index (χ4v) is 2.29. The van der Waals surface area contributed by atoms with E-state index in [0.717, 1.165) is 33.8 Å². The topological polar surface area (TPSA) is 59.9 Å². The molecule has 5 nitrogen and oxygen atoms in total. The van der Waals surface area contributed by atoms with Gasteiger partial charge in [0.2, 0.25) is 0 Å². The van der Waals surface area contributed by atoms with Gasteiger partial charge in [0.1, 0.15) is 11.5 Å². The number of benzene rings is 2. The highest BCUT2D eigenvalue weighted by atomic mass is 16.5. The van der Waals surface area contributed by atoms with E-state index in [0.29, 0.717) is 0 Å². The van der Waals surface area contributed by atoms with Crippen LogP contribution >= 0.6 is 0 Å². The first-order valence-electron chi connectivity index (χ1n) is 7.67. The molecule has 0 aliphatic rings. The van der Waals surface area contributed by atoms with Crippen LogP contribution in [-0.2, 0) is 4.79 Å². The molecule has 0 aromatic heterocycles. The maximum Gasteiger partial charge on any atom is 0.277 e. The first-order valence-corrected chi connectivity index (χ1v) is 7.67. The van der Waals surface area contributed by atoms with Crippen molar-refractivity contribution >= 4 is 12.1 Å². The van der Waals surface area contributed by atoms with E-state index in [1.165, 1.54) is 0 Å². The van der Waals surface area contributed by atoms with Crippen LogP contribution in [0.3, 0.4) is 0 Å². The summed E-state index contributed by atoms with van der Waals surface area (Å²) in [6, 6.07) is 11.6. The number of rotatable bonds is 6. The van der Waals surface area contributed by atoms with Gasteiger partial charge < -0.3 is 9.47 Å². The molecule has 5 heteroatoms. The molecular weight excluding hydrogens is 304 g/mol. The summed E-state index contributed by atoms with van der Waals surface area (Å²) < 4.78 is 10.8. The molecule has 1 amide bonds. The lowest BCUT2D eigenvalue weighted by Gasteiger charge is -2.10. The molecular formula is C19H22N2O3. The van der Waals surface area contributed by atoms with Crippen molar-refractivity contribution in [2.45, 2.75) is 20.8 Å². The summed E-state index contributed by atoms with van der Waals surface area (Å²) in [5, 5.41) is 3.94. The monoisotopic (exact) mass is 326 g/mol. The lowest BCUT2D eigenvalue weighted by atomic mass is 10.1. The summed E-state index contributed by atoms with van der Waals surface area (Å²) in [5.74, 6) is 1.21. The van der Waals surface area contributed by atoms with E-state index >= 15 is 0 Å². The zero-order valence-electron chi connectivity index (χ0n) is 14.4. The van der Waals surface area contributed by atoms with E-state index < -0.39 is 0 Å². The fourth-order valence-electron chi connectivity index (χ4n) is 2.29. The summed E-state index contributed by atoms with van der Waals surface area (Å²) in [5.41, 5.74) is 6.34. The van der Waals surface area contributed by atoms with E-state index in [1.807, 2.05) is 57.2 Å². The molecule has 0 saturated heterocycles. The van der Waals surface area contributed by atoms with Crippen LogP contribution in [0, 0.1) is 20.8 Å². The second-order valence-corrected chi connectivity index (χ2v) is 5.53. The molecule has 2 aromatic carbocycles. The number of nitrogens with zero attached hydrogens (tertiary/aromatic N) is 1. The van der Waals surface area contributed by atoms with Gasteiger partial charge in [0, 0.05) is 0 Å². The predicted molar refractivity (Wildman–Crippen MR) is 94.9 cm³/mol. The van der Waals surface area contributed by atoms with Crippen molar-refractivity contribution in [3.8, 4) is 11.5 Å². The highest BCUT2D eigenvalue weighted by molar-refractivity contribution is 5.83. The summed E-state index contributed by atoms with van der Waals surface area (Å²) in [6.45, 7) is 5.78. The predicted octanol–water partition coefficient (Wildman–Crippen LogP) is 3.15. The van der Waals surface area contributed by atoms with Gasteiger partial charge >= 0.3 is 0 Å². The second-order valence-electron chi connectivity index (χ2n) is 5.53. The van der Waals surface area contributed by atoms with E-state index in [2.05, 4.69) is 10.5 Å². The lowest BCUT2D eigenvalue weighted by Crippen LogP contribution is -2.25. The molecule has 2 rings (SSSR count). The molecule has 1 N–H and O–H groups in total. The third-order valence-corrected chi connectivity index (χ3v) is 3.59. The lowest BCUT2D eigenvalue weighted by molar-refractivity contribution is -0.123. The summed E-state index contributed by atoms with van der Waals surface area (Å²) in [4.78, 5) is 11.8. The van der Waals surface area contributed by atoms with Gasteiger partial charge in [-0.15, -0.1) is 0 Å². The molecule has 2 aromatic rings. The van der Waals surface area contributed by atoms with Crippen molar-refractivity contribution in [3.05, 3.63) is 58.7 Å². The quantitative estimate of drug-likeness (QED) is 0.655. The Morgan fingerprint density at radius 2 is 1.83 bits per heavy atom. The first-order chi connectivity index (χ1) is 11.5. The molecule has 126 valence electrons. The first kappa shape index (κ1) is 17.5. The van der Waals surface area contributed by atoms with Gasteiger partial charge in [-0.05, 0) is 49.1 Å². The molecule has 0 radical (unpaired) electrons. The van der Waals surface area contributed by atoms with Crippen LogP contribution in [0.2, 0.25) is 0 Å². The molecule has 0 aliphatic heterocycles. The van der Waals surface area contributed by atoms with Crippen molar-refractivity contribution in [2.75, 3.05) is 13.7 Å². The zero-order valence-corrected chi connectivity index (χ0v) is 14.4. The van der Waals surface area contributed by atoms with Gasteiger partial charge in [0.15, 0.2) is 6.61 Å². The van der Waals surface area contributed by atoms with Crippen LogP contribution in [-0.4, -0.2) is 25.8 Å². The summed E-state index contributed by atoms with van der Waals surface area (Å²) in [7, 11) is 1.62. The Bertz CT molecular complexity index is 734. The molecule has 0 saturated carbocycles. The average Bonchev–Trinajstić information content (AvgIpc) is 2.56. The van der Waals surface area contributed by atoms with Crippen molar-refractivity contribution in [3.63, 3.8) is 0 Å². The molecule has 0 atom stereocenters. The number of carbonyl (C=O) groups excluding carboxylic acids is 1. The van der Waals surface area contributed by atoms with E-state index in [9.17, 15) is 4.79 Å². The van der Waals surface area contributed by atoms with Crippen molar-refractivity contribution in [1.82, 2.24) is 5.43 Å². The Morgan fingerprint density at radius 3 is 2.50 bits per heavy atom. The van der Waals surface area contributed by atoms with Crippen molar-refractivity contribution in [1.29, 1.82) is 0 Å². The van der Waals surface area contributed by atoms with Gasteiger partial charge in [0.25, 0.3) is 5.91 Å². The van der Waals surface area contributed by atoms with Gasteiger partial charge in [-0.1, -0.05) is 30.3 Å². The average molecular weight is 326 g/mol. The Labute approximate surface area is 142 Å². The Kier molecular flexibility index (Phi) is 5.95. The Morgan fingerprint density at radius 1 is 1.12 bits per heavy atom. The van der Waals surface area contributed by atoms with Crippen LogP contribution < -0.4 is 14.9 Å². The number of carbonyl (C=O) groups is 1. The Hall–Kier alpha value is -2.82. The maximum atomic E-state index is 11.8. The smallest absolute Gasteiger partial charge is 0.277 e. The molecule has 24 heavy (non-hydrogen) atoms. The number of ether oxygens (including phenoxy) is 2. The van der Waals surface area contributed by atoms with Gasteiger partial charge in [-0.3, -0.25) is 4.79 Å². The highest BCUT2D eigenvalue weighted by Gasteiger charge is 2.06. The molecule has 0 spiro atoms. The summed E-state index contributed by atoms with van der Waals surface area (Å²) >= 11 is 0. The number of para-hydroxylation sites is 1. The van der Waals surface area contributed by atoms with Crippen LogP contribution in [0.4, 0.5) is 0 Å². The third-order valence-electron chi connectivity index (χ3n) is 3.59. The molecule has 0 heterocycles. The van der Waals surface area contributed by atoms with E-state index in [4.69, 9.17) is 9.47 Å². The van der Waals surface area contributed by atoms with Gasteiger partial charge in [-0.2, -0.15) is 5.10 Å². The molecule has 0 unspecified atom stereocenters. The van der Waals surface area contributed by atoms with Crippen LogP contribution in [0.15, 0.2) is 41.5 Å². The van der Waals surface area contributed by atoms with Crippen LogP contribution in [0.25, 0.3) is 0 Å². The standard InChI is InChI=1S/C19H22N2O3/c1-13-8-9-16(10-17(13)23-4)11-20-21-18(22)12-24-19-14(2)6-5-7-15(19)3/h5-11H,12H2,1-4H3,(H,21,22)/b20-11-. The van der Waals surface area contributed by atoms with E-state index in [-0.39, 0.29) is 12.5 Å². The molecule has 0 bridgehead atoms. The number of hydrogen-bond acceptors (Lipinski definition) is 4. The third kappa shape index (κ3) is 4.59. The normalized spacial score (nSPS) is 10.7. The SMILES string of the molecule is COc1cc(/C=N\NC(=O)COc2c(C)cccc2C)ccc1C. The van der Waals surface area contributed by atoms with Gasteiger partial charge in [-0.25, -0.2) is 5.43 Å². The minimum Gasteiger partial charge on any atom is -0.496 e. The zero-order chi connectivity index (χ0) is 17.5. The van der Waals surface area contributed by atoms with E-state index in [1.54, 1.807) is 13.3 Å².